The predicted octanol–water partition coefficient (Wildman–Crippen LogP) is 1.29. The molecule has 1 N–H and O–H groups in total. The van der Waals surface area contributed by atoms with Crippen LogP contribution < -0.4 is 5.32 Å². The summed E-state index contributed by atoms with van der Waals surface area (Å²) in [5, 5.41) is 7.88. The third-order valence-electron chi connectivity index (χ3n) is 4.48. The first-order chi connectivity index (χ1) is 9.43. The molecule has 1 aliphatic heterocycles. The van der Waals surface area contributed by atoms with Crippen LogP contribution in [-0.4, -0.2) is 32.8 Å². The molecule has 1 saturated heterocycles. The molecule has 1 saturated carbocycles. The Morgan fingerprint density at radius 3 is 3.05 bits per heavy atom. The molecule has 0 bridgehead atoms. The van der Waals surface area contributed by atoms with Crippen molar-refractivity contribution >= 4 is 0 Å². The summed E-state index contributed by atoms with van der Waals surface area (Å²) in [4.78, 5) is 8.43. The molecule has 1 radical (unpaired) electrons. The van der Waals surface area contributed by atoms with E-state index in [1.807, 2.05) is 4.68 Å². The Balaban J connectivity index is 0.00000121. The zero-order valence-corrected chi connectivity index (χ0v) is 13.3. The van der Waals surface area contributed by atoms with Crippen LogP contribution in [0.5, 0.6) is 0 Å². The SMILES string of the molecule is [Ir].[c-]1ocnc1-c1ncnn1C1CC2CCNCCC21. The number of hydrogen-bond acceptors (Lipinski definition) is 5. The van der Waals surface area contributed by atoms with Crippen LogP contribution in [0.25, 0.3) is 11.5 Å². The topological polar surface area (TPSA) is 68.8 Å². The second kappa shape index (κ2) is 5.75. The van der Waals surface area contributed by atoms with E-state index in [9.17, 15) is 0 Å². The summed E-state index contributed by atoms with van der Waals surface area (Å²) in [6, 6.07) is 0.451. The molecule has 2 aromatic heterocycles. The molecule has 20 heavy (non-hydrogen) atoms. The smallest absolute Gasteiger partial charge is 0.123 e. The largest absolute Gasteiger partial charge is 0.570 e. The molecule has 2 fully saturated rings. The van der Waals surface area contributed by atoms with Crippen LogP contribution in [0.2, 0.25) is 0 Å². The van der Waals surface area contributed by atoms with Gasteiger partial charge in [-0.2, -0.15) is 5.10 Å². The van der Waals surface area contributed by atoms with E-state index in [1.54, 1.807) is 6.33 Å². The number of aromatic nitrogens is 4. The van der Waals surface area contributed by atoms with E-state index in [4.69, 9.17) is 4.42 Å². The molecule has 0 aromatic carbocycles. The maximum atomic E-state index is 4.92. The summed E-state index contributed by atoms with van der Waals surface area (Å²) in [6.45, 7) is 2.26. The van der Waals surface area contributed by atoms with Crippen molar-refractivity contribution in [1.29, 1.82) is 0 Å². The minimum atomic E-state index is 0. The van der Waals surface area contributed by atoms with Gasteiger partial charge < -0.3 is 14.7 Å². The van der Waals surface area contributed by atoms with Crippen LogP contribution in [0.4, 0.5) is 0 Å². The Bertz CT molecular complexity index is 555. The molecule has 1 aliphatic carbocycles. The van der Waals surface area contributed by atoms with E-state index < -0.39 is 0 Å². The van der Waals surface area contributed by atoms with Gasteiger partial charge in [-0.1, -0.05) is 0 Å². The number of oxazole rings is 1. The summed E-state index contributed by atoms with van der Waals surface area (Å²) >= 11 is 0. The van der Waals surface area contributed by atoms with Crippen LogP contribution in [0.15, 0.2) is 17.1 Å². The van der Waals surface area contributed by atoms with Gasteiger partial charge in [0.1, 0.15) is 6.33 Å². The van der Waals surface area contributed by atoms with Crippen molar-refractivity contribution in [2.75, 3.05) is 13.1 Å². The van der Waals surface area contributed by atoms with E-state index in [0.29, 0.717) is 17.7 Å². The molecule has 0 amide bonds. The molecule has 3 atom stereocenters. The average Bonchev–Trinajstić information content (AvgIpc) is 3.02. The van der Waals surface area contributed by atoms with Crippen LogP contribution in [-0.2, 0) is 20.1 Å². The van der Waals surface area contributed by atoms with Crippen molar-refractivity contribution in [3.63, 3.8) is 0 Å². The third-order valence-corrected chi connectivity index (χ3v) is 4.48. The first kappa shape index (κ1) is 13.9. The quantitative estimate of drug-likeness (QED) is 0.699. The van der Waals surface area contributed by atoms with Gasteiger partial charge in [0.2, 0.25) is 0 Å². The Morgan fingerprint density at radius 2 is 2.20 bits per heavy atom. The van der Waals surface area contributed by atoms with E-state index in [0.717, 1.165) is 24.8 Å². The van der Waals surface area contributed by atoms with Gasteiger partial charge in [0, 0.05) is 38.1 Å². The zero-order chi connectivity index (χ0) is 12.7. The van der Waals surface area contributed by atoms with Crippen molar-refractivity contribution in [2.45, 2.75) is 25.3 Å². The minimum Gasteiger partial charge on any atom is -0.570 e. The van der Waals surface area contributed by atoms with Crippen LogP contribution in [0.1, 0.15) is 25.3 Å². The third kappa shape index (κ3) is 2.24. The first-order valence-corrected chi connectivity index (χ1v) is 6.85. The fourth-order valence-electron chi connectivity index (χ4n) is 3.45. The Morgan fingerprint density at radius 1 is 1.30 bits per heavy atom. The fourth-order valence-corrected chi connectivity index (χ4v) is 3.45. The van der Waals surface area contributed by atoms with Crippen molar-refractivity contribution in [3.8, 4) is 11.5 Å². The number of nitrogens with one attached hydrogen (secondary N) is 1. The van der Waals surface area contributed by atoms with Crippen molar-refractivity contribution < 1.29 is 24.5 Å². The van der Waals surface area contributed by atoms with E-state index >= 15 is 0 Å². The number of rotatable bonds is 2. The number of fused-ring (bicyclic) bond motifs is 1. The molecule has 0 spiro atoms. The molecular weight excluding hydrogens is 434 g/mol. The molecule has 109 valence electrons. The van der Waals surface area contributed by atoms with Gasteiger partial charge >= 0.3 is 0 Å². The average molecular weight is 451 g/mol. The van der Waals surface area contributed by atoms with Crippen molar-refractivity contribution in [3.05, 3.63) is 19.0 Å². The monoisotopic (exact) mass is 451 g/mol. The van der Waals surface area contributed by atoms with Gasteiger partial charge in [0.25, 0.3) is 0 Å². The summed E-state index contributed by atoms with van der Waals surface area (Å²) in [7, 11) is 0. The molecule has 3 heterocycles. The molecule has 3 unspecified atom stereocenters. The summed E-state index contributed by atoms with van der Waals surface area (Å²) in [5.41, 5.74) is 0.646. The van der Waals surface area contributed by atoms with Gasteiger partial charge in [-0.3, -0.25) is 9.67 Å². The zero-order valence-electron chi connectivity index (χ0n) is 11.0. The fraction of sp³-hybridized carbons (Fsp3) is 0.615. The van der Waals surface area contributed by atoms with Gasteiger partial charge in [-0.25, -0.2) is 0 Å². The van der Waals surface area contributed by atoms with Crippen molar-refractivity contribution in [1.82, 2.24) is 25.1 Å². The maximum Gasteiger partial charge on any atom is 0.123 e. The second-order valence-corrected chi connectivity index (χ2v) is 5.39. The van der Waals surface area contributed by atoms with E-state index in [1.165, 1.54) is 25.7 Å². The number of nitrogens with zero attached hydrogens (tertiary/aromatic N) is 4. The maximum absolute atomic E-state index is 4.92. The van der Waals surface area contributed by atoms with Gasteiger partial charge in [0.05, 0.1) is 12.2 Å². The molecule has 4 rings (SSSR count). The first-order valence-electron chi connectivity index (χ1n) is 6.85. The normalized spacial score (nSPS) is 28.9. The molecule has 7 heteroatoms. The van der Waals surface area contributed by atoms with E-state index in [2.05, 4.69) is 26.6 Å². The van der Waals surface area contributed by atoms with Crippen LogP contribution in [0, 0.1) is 18.1 Å². The molecule has 2 aliphatic rings. The second-order valence-electron chi connectivity index (χ2n) is 5.39. The predicted molar refractivity (Wildman–Crippen MR) is 67.1 cm³/mol. The minimum absolute atomic E-state index is 0. The molecule has 6 nitrogen and oxygen atoms in total. The van der Waals surface area contributed by atoms with Crippen LogP contribution in [0.3, 0.4) is 0 Å². The van der Waals surface area contributed by atoms with E-state index in [-0.39, 0.29) is 20.1 Å². The molecule has 2 aromatic rings. The Kier molecular flexibility index (Phi) is 4.01. The van der Waals surface area contributed by atoms with Crippen LogP contribution >= 0.6 is 0 Å². The van der Waals surface area contributed by atoms with Gasteiger partial charge in [-0.05, 0) is 44.2 Å². The Labute approximate surface area is 130 Å². The van der Waals surface area contributed by atoms with Gasteiger partial charge in [-0.15, -0.1) is 0 Å². The number of hydrogen-bond donors (Lipinski definition) is 1. The van der Waals surface area contributed by atoms with Gasteiger partial charge in [0.15, 0.2) is 0 Å². The standard InChI is InChI=1S/C13H16N5O.Ir/c1-3-14-4-2-10-9(1)5-12(10)18-13(15-7-17-18)11-6-19-8-16-11;/h7-10,12,14H,1-5H2;/q-1;. The van der Waals surface area contributed by atoms with Crippen molar-refractivity contribution in [2.24, 2.45) is 11.8 Å². The summed E-state index contributed by atoms with van der Waals surface area (Å²) in [6.07, 6.45) is 9.42. The summed E-state index contributed by atoms with van der Waals surface area (Å²) in [5.74, 6) is 2.31. The molecular formula is C13H16IrN5O-. The summed E-state index contributed by atoms with van der Waals surface area (Å²) < 4.78 is 6.94. The Hall–Kier alpha value is -1.04.